The van der Waals surface area contributed by atoms with Crippen molar-refractivity contribution < 1.29 is 29.3 Å². The van der Waals surface area contributed by atoms with E-state index in [9.17, 15) is 24.6 Å². The Morgan fingerprint density at radius 2 is 1.77 bits per heavy atom. The third-order valence-electron chi connectivity index (χ3n) is 7.01. The number of carbonyl (C=O) groups excluding carboxylic acids is 3. The molecule has 1 amide bonds. The van der Waals surface area contributed by atoms with Gasteiger partial charge in [-0.1, -0.05) is 6.07 Å². The molecule has 1 aromatic heterocycles. The second-order valence-electron chi connectivity index (χ2n) is 9.56. The van der Waals surface area contributed by atoms with E-state index in [0.29, 0.717) is 44.2 Å². The molecule has 2 fully saturated rings. The first kappa shape index (κ1) is 24.7. The van der Waals surface area contributed by atoms with Crippen molar-refractivity contribution in [3.05, 3.63) is 53.9 Å². The summed E-state index contributed by atoms with van der Waals surface area (Å²) in [7, 11) is 0. The third kappa shape index (κ3) is 6.59. The Kier molecular flexibility index (Phi) is 8.00. The zero-order chi connectivity index (χ0) is 24.8. The summed E-state index contributed by atoms with van der Waals surface area (Å²) in [5, 5.41) is 19.1. The van der Waals surface area contributed by atoms with Gasteiger partial charge in [0.1, 0.15) is 23.9 Å². The van der Waals surface area contributed by atoms with Crippen LogP contribution in [0.4, 0.5) is 0 Å². The third-order valence-corrected chi connectivity index (χ3v) is 7.01. The van der Waals surface area contributed by atoms with Crippen LogP contribution < -0.4 is 0 Å². The van der Waals surface area contributed by atoms with Gasteiger partial charge in [0.25, 0.3) is 0 Å². The lowest BCUT2D eigenvalue weighted by Gasteiger charge is -2.34. The fraction of sp³-hybridized carbons (Fsp3) is 0.481. The first-order valence-corrected chi connectivity index (χ1v) is 12.3. The van der Waals surface area contributed by atoms with Crippen molar-refractivity contribution in [2.75, 3.05) is 6.54 Å². The number of aromatic hydroxyl groups is 2. The minimum absolute atomic E-state index is 0.0184. The summed E-state index contributed by atoms with van der Waals surface area (Å²) in [6.07, 6.45) is 6.64. The Morgan fingerprint density at radius 1 is 1.03 bits per heavy atom. The number of ketones is 1. The van der Waals surface area contributed by atoms with Gasteiger partial charge >= 0.3 is 5.97 Å². The predicted molar refractivity (Wildman–Crippen MR) is 127 cm³/mol. The SMILES string of the molecule is O=C(CCCc1ccccn1)C1CC(=O)N(C2CCC(C(=O)OCc3cc(O)cc(O)c3)CC2)C1. The van der Waals surface area contributed by atoms with Crippen molar-refractivity contribution in [1.82, 2.24) is 9.88 Å². The Labute approximate surface area is 204 Å². The van der Waals surface area contributed by atoms with E-state index in [1.807, 2.05) is 23.1 Å². The standard InChI is InChI=1S/C27H32N2O6/c30-23-12-18(13-24(31)15-23)17-35-27(34)19-7-9-22(10-8-19)29-16-20(14-26(29)33)25(32)6-3-5-21-4-1-2-11-28-21/h1-2,4,11-13,15,19-20,22,30-31H,3,5-10,14,16-17H2. The van der Waals surface area contributed by atoms with Gasteiger partial charge in [0, 0.05) is 49.3 Å². The number of ether oxygens (including phenoxy) is 1. The van der Waals surface area contributed by atoms with Crippen molar-refractivity contribution in [2.24, 2.45) is 11.8 Å². The van der Waals surface area contributed by atoms with Crippen molar-refractivity contribution in [3.8, 4) is 11.5 Å². The molecule has 8 nitrogen and oxygen atoms in total. The predicted octanol–water partition coefficient (Wildman–Crippen LogP) is 3.54. The van der Waals surface area contributed by atoms with Crippen LogP contribution in [0.15, 0.2) is 42.6 Å². The quantitative estimate of drug-likeness (QED) is 0.527. The normalized spacial score (nSPS) is 22.2. The fourth-order valence-electron chi connectivity index (χ4n) is 5.13. The second kappa shape index (κ2) is 11.3. The van der Waals surface area contributed by atoms with Gasteiger partial charge in [-0.25, -0.2) is 0 Å². The number of rotatable bonds is 9. The topological polar surface area (TPSA) is 117 Å². The van der Waals surface area contributed by atoms with E-state index < -0.39 is 0 Å². The van der Waals surface area contributed by atoms with Gasteiger partial charge in [-0.3, -0.25) is 19.4 Å². The lowest BCUT2D eigenvalue weighted by Crippen LogP contribution is -2.40. The average molecular weight is 481 g/mol. The number of Topliss-reactive ketones (excluding diaryl/α,β-unsaturated/α-hetero) is 1. The van der Waals surface area contributed by atoms with E-state index in [-0.39, 0.29) is 60.1 Å². The number of amides is 1. The molecule has 1 atom stereocenters. The van der Waals surface area contributed by atoms with Crippen LogP contribution in [-0.2, 0) is 32.1 Å². The maximum atomic E-state index is 12.7. The van der Waals surface area contributed by atoms with Crippen LogP contribution in [0.1, 0.15) is 56.2 Å². The van der Waals surface area contributed by atoms with Gasteiger partial charge in [0.2, 0.25) is 5.91 Å². The van der Waals surface area contributed by atoms with Crippen LogP contribution in [0.25, 0.3) is 0 Å². The number of nitrogens with zero attached hydrogens (tertiary/aromatic N) is 2. The highest BCUT2D eigenvalue weighted by atomic mass is 16.5. The summed E-state index contributed by atoms with van der Waals surface area (Å²) in [5.41, 5.74) is 1.49. The number of phenolic OH excluding ortho intramolecular Hbond substituents is 2. The summed E-state index contributed by atoms with van der Waals surface area (Å²) in [6.45, 7) is 0.456. The number of hydrogen-bond acceptors (Lipinski definition) is 7. The van der Waals surface area contributed by atoms with Crippen LogP contribution in [-0.4, -0.2) is 50.3 Å². The molecule has 1 saturated carbocycles. The Balaban J connectivity index is 1.19. The molecule has 0 spiro atoms. The monoisotopic (exact) mass is 480 g/mol. The number of aromatic nitrogens is 1. The molecule has 1 unspecified atom stereocenters. The van der Waals surface area contributed by atoms with Crippen molar-refractivity contribution >= 4 is 17.7 Å². The van der Waals surface area contributed by atoms with Gasteiger partial charge in [0.05, 0.1) is 5.92 Å². The largest absolute Gasteiger partial charge is 0.508 e. The van der Waals surface area contributed by atoms with Crippen molar-refractivity contribution in [1.29, 1.82) is 0 Å². The lowest BCUT2D eigenvalue weighted by atomic mass is 9.85. The molecule has 2 aliphatic rings. The molecule has 35 heavy (non-hydrogen) atoms. The van der Waals surface area contributed by atoms with E-state index in [0.717, 1.165) is 18.5 Å². The smallest absolute Gasteiger partial charge is 0.309 e. The average Bonchev–Trinajstić information content (AvgIpc) is 3.24. The zero-order valence-corrected chi connectivity index (χ0v) is 19.8. The molecule has 2 aromatic rings. The number of phenols is 2. The highest BCUT2D eigenvalue weighted by molar-refractivity contribution is 5.90. The zero-order valence-electron chi connectivity index (χ0n) is 19.8. The summed E-state index contributed by atoms with van der Waals surface area (Å²) >= 11 is 0. The maximum Gasteiger partial charge on any atom is 0.309 e. The van der Waals surface area contributed by atoms with E-state index in [4.69, 9.17) is 4.74 Å². The summed E-state index contributed by atoms with van der Waals surface area (Å²) < 4.78 is 5.39. The highest BCUT2D eigenvalue weighted by Crippen LogP contribution is 2.33. The Hall–Kier alpha value is -3.42. The first-order valence-electron chi connectivity index (χ1n) is 12.3. The molecule has 1 saturated heterocycles. The molecule has 2 heterocycles. The number of likely N-dealkylation sites (tertiary alicyclic amines) is 1. The van der Waals surface area contributed by atoms with E-state index >= 15 is 0 Å². The van der Waals surface area contributed by atoms with E-state index in [1.54, 1.807) is 6.20 Å². The molecule has 1 aliphatic carbocycles. The summed E-state index contributed by atoms with van der Waals surface area (Å²) in [5.74, 6) is -0.782. The molecular formula is C27H32N2O6. The Bertz CT molecular complexity index is 1030. The fourth-order valence-corrected chi connectivity index (χ4v) is 5.13. The molecule has 2 N–H and O–H groups in total. The van der Waals surface area contributed by atoms with Crippen LogP contribution in [0.2, 0.25) is 0 Å². The molecule has 1 aliphatic heterocycles. The van der Waals surface area contributed by atoms with E-state index in [2.05, 4.69) is 4.98 Å². The molecule has 1 aromatic carbocycles. The number of hydrogen-bond donors (Lipinski definition) is 2. The van der Waals surface area contributed by atoms with E-state index in [1.165, 1.54) is 18.2 Å². The molecular weight excluding hydrogens is 448 g/mol. The van der Waals surface area contributed by atoms with Gasteiger partial charge < -0.3 is 19.8 Å². The van der Waals surface area contributed by atoms with Crippen molar-refractivity contribution in [2.45, 2.75) is 64.0 Å². The lowest BCUT2D eigenvalue weighted by molar-refractivity contribution is -0.151. The maximum absolute atomic E-state index is 12.7. The molecule has 186 valence electrons. The first-order chi connectivity index (χ1) is 16.9. The highest BCUT2D eigenvalue weighted by Gasteiger charge is 2.39. The van der Waals surface area contributed by atoms with Gasteiger partial charge in [-0.05, 0) is 68.4 Å². The molecule has 4 rings (SSSR count). The number of benzene rings is 1. The van der Waals surface area contributed by atoms with Gasteiger partial charge in [-0.15, -0.1) is 0 Å². The van der Waals surface area contributed by atoms with Crippen molar-refractivity contribution in [3.63, 3.8) is 0 Å². The number of esters is 1. The van der Waals surface area contributed by atoms with Crippen LogP contribution >= 0.6 is 0 Å². The number of aryl methyl sites for hydroxylation is 1. The van der Waals surface area contributed by atoms with Crippen LogP contribution in [0, 0.1) is 11.8 Å². The number of carbonyl (C=O) groups is 3. The summed E-state index contributed by atoms with van der Waals surface area (Å²) in [4.78, 5) is 44.0. The molecule has 0 bridgehead atoms. The van der Waals surface area contributed by atoms with Crippen LogP contribution in [0.5, 0.6) is 11.5 Å². The number of pyridine rings is 1. The second-order valence-corrected chi connectivity index (χ2v) is 9.56. The minimum Gasteiger partial charge on any atom is -0.508 e. The minimum atomic E-state index is -0.306. The van der Waals surface area contributed by atoms with Gasteiger partial charge in [-0.2, -0.15) is 0 Å². The molecule has 8 heteroatoms. The molecule has 0 radical (unpaired) electrons. The van der Waals surface area contributed by atoms with Crippen LogP contribution in [0.3, 0.4) is 0 Å². The van der Waals surface area contributed by atoms with Gasteiger partial charge in [0.15, 0.2) is 0 Å². The summed E-state index contributed by atoms with van der Waals surface area (Å²) in [6, 6.07) is 9.92. The Morgan fingerprint density at radius 3 is 2.46 bits per heavy atom.